The number of imide groups is 1. The highest BCUT2D eigenvalue weighted by molar-refractivity contribution is 6.06. The number of hydrogen-bond acceptors (Lipinski definition) is 3. The Bertz CT molecular complexity index is 585. The number of guanidine groups is 1. The van der Waals surface area contributed by atoms with Gasteiger partial charge in [-0.25, -0.2) is 0 Å². The number of likely N-dealkylation sites (tertiary alicyclic amines) is 1. The van der Waals surface area contributed by atoms with Crippen molar-refractivity contribution in [3.05, 3.63) is 12.2 Å². The lowest BCUT2D eigenvalue weighted by molar-refractivity contribution is -0.140. The molecule has 2 N–H and O–H groups in total. The number of carbonyl (C=O) groups excluding carboxylic acids is 2. The van der Waals surface area contributed by atoms with Crippen LogP contribution in [0.5, 0.6) is 0 Å². The number of nitrogens with zero attached hydrogens (tertiary/aromatic N) is 2. The van der Waals surface area contributed by atoms with Crippen LogP contribution in [-0.2, 0) is 9.59 Å². The Balaban J connectivity index is 1.44. The molecule has 1 saturated carbocycles. The van der Waals surface area contributed by atoms with Crippen molar-refractivity contribution < 1.29 is 9.59 Å². The van der Waals surface area contributed by atoms with E-state index in [9.17, 15) is 9.59 Å². The molecule has 0 aromatic carbocycles. The monoisotopic (exact) mass is 374 g/mol. The van der Waals surface area contributed by atoms with Crippen LogP contribution in [0.25, 0.3) is 0 Å². The summed E-state index contributed by atoms with van der Waals surface area (Å²) in [6, 6.07) is 0. The number of aliphatic imine (C=N–C) groups is 1. The Labute approximate surface area is 162 Å². The molecule has 2 fully saturated rings. The lowest BCUT2D eigenvalue weighted by Gasteiger charge is -2.20. The molecule has 27 heavy (non-hydrogen) atoms. The number of carbonyl (C=O) groups is 2. The topological polar surface area (TPSA) is 73.8 Å². The van der Waals surface area contributed by atoms with Crippen molar-refractivity contribution in [3.8, 4) is 0 Å². The largest absolute Gasteiger partial charge is 0.356 e. The first-order chi connectivity index (χ1) is 13.1. The van der Waals surface area contributed by atoms with Crippen LogP contribution >= 0.6 is 0 Å². The lowest BCUT2D eigenvalue weighted by Crippen LogP contribution is -2.44. The number of allylic oxidation sites excluding steroid dienone is 2. The summed E-state index contributed by atoms with van der Waals surface area (Å²) >= 11 is 0. The average Bonchev–Trinajstić information content (AvgIpc) is 3.35. The van der Waals surface area contributed by atoms with Crippen LogP contribution in [0, 0.1) is 29.6 Å². The fourth-order valence-corrected chi connectivity index (χ4v) is 4.88. The van der Waals surface area contributed by atoms with Crippen molar-refractivity contribution in [1.29, 1.82) is 0 Å². The summed E-state index contributed by atoms with van der Waals surface area (Å²) in [5.74, 6) is 1.78. The van der Waals surface area contributed by atoms with E-state index in [1.165, 1.54) is 24.2 Å². The summed E-state index contributed by atoms with van der Waals surface area (Å²) in [6.45, 7) is 6.29. The van der Waals surface area contributed by atoms with E-state index in [-0.39, 0.29) is 35.5 Å². The van der Waals surface area contributed by atoms with Gasteiger partial charge in [0.2, 0.25) is 11.8 Å². The van der Waals surface area contributed by atoms with Crippen LogP contribution in [0.1, 0.15) is 46.0 Å². The summed E-state index contributed by atoms with van der Waals surface area (Å²) in [4.78, 5) is 31.1. The van der Waals surface area contributed by atoms with Crippen molar-refractivity contribution >= 4 is 17.8 Å². The van der Waals surface area contributed by atoms with E-state index in [1.807, 2.05) is 0 Å². The van der Waals surface area contributed by atoms with Crippen molar-refractivity contribution in [3.63, 3.8) is 0 Å². The van der Waals surface area contributed by atoms with E-state index in [2.05, 4.69) is 41.6 Å². The molecule has 6 nitrogen and oxygen atoms in total. The van der Waals surface area contributed by atoms with Gasteiger partial charge in [-0.2, -0.15) is 0 Å². The number of nitrogens with one attached hydrogen (secondary N) is 2. The Morgan fingerprint density at radius 3 is 2.41 bits per heavy atom. The van der Waals surface area contributed by atoms with E-state index >= 15 is 0 Å². The molecule has 6 heteroatoms. The van der Waals surface area contributed by atoms with Gasteiger partial charge in [-0.15, -0.1) is 0 Å². The van der Waals surface area contributed by atoms with Crippen molar-refractivity contribution in [1.82, 2.24) is 15.5 Å². The highest BCUT2D eigenvalue weighted by Gasteiger charge is 2.58. The molecule has 3 aliphatic rings. The SMILES string of the molecule is CCCCC(CC)CNC(=NC)NCCN1C(=O)C2C3C=CC(C3)C2C1=O. The van der Waals surface area contributed by atoms with Crippen molar-refractivity contribution in [2.45, 2.75) is 46.0 Å². The zero-order chi connectivity index (χ0) is 19.4. The maximum atomic E-state index is 12.7. The van der Waals surface area contributed by atoms with E-state index in [0.29, 0.717) is 19.0 Å². The van der Waals surface area contributed by atoms with Crippen LogP contribution in [0.15, 0.2) is 17.1 Å². The second kappa shape index (κ2) is 8.89. The second-order valence-corrected chi connectivity index (χ2v) is 8.12. The quantitative estimate of drug-likeness (QED) is 0.281. The van der Waals surface area contributed by atoms with E-state index in [4.69, 9.17) is 0 Å². The molecule has 0 spiro atoms. The van der Waals surface area contributed by atoms with Gasteiger partial charge in [-0.3, -0.25) is 19.5 Å². The lowest BCUT2D eigenvalue weighted by atomic mass is 9.85. The third kappa shape index (κ3) is 4.04. The fourth-order valence-electron chi connectivity index (χ4n) is 4.88. The van der Waals surface area contributed by atoms with Gasteiger partial charge in [0.15, 0.2) is 5.96 Å². The molecule has 0 aromatic heterocycles. The Hall–Kier alpha value is -1.85. The molecular weight excluding hydrogens is 340 g/mol. The van der Waals surface area contributed by atoms with Crippen LogP contribution in [0.4, 0.5) is 0 Å². The molecule has 2 aliphatic carbocycles. The maximum absolute atomic E-state index is 12.7. The molecule has 1 saturated heterocycles. The summed E-state index contributed by atoms with van der Waals surface area (Å²) in [5, 5.41) is 6.64. The smallest absolute Gasteiger partial charge is 0.233 e. The average molecular weight is 375 g/mol. The molecule has 5 atom stereocenters. The molecule has 3 rings (SSSR count). The minimum absolute atomic E-state index is 0.0252. The number of amides is 2. The molecule has 0 aromatic rings. The van der Waals surface area contributed by atoms with Crippen LogP contribution in [0.3, 0.4) is 0 Å². The van der Waals surface area contributed by atoms with Gasteiger partial charge in [0.1, 0.15) is 0 Å². The maximum Gasteiger partial charge on any atom is 0.233 e. The van der Waals surface area contributed by atoms with E-state index in [0.717, 1.165) is 25.3 Å². The summed E-state index contributed by atoms with van der Waals surface area (Å²) < 4.78 is 0. The molecule has 1 aliphatic heterocycles. The molecule has 2 amide bonds. The molecule has 5 unspecified atom stereocenters. The van der Waals surface area contributed by atoms with E-state index in [1.54, 1.807) is 7.05 Å². The second-order valence-electron chi connectivity index (χ2n) is 8.12. The zero-order valence-corrected chi connectivity index (χ0v) is 16.9. The van der Waals surface area contributed by atoms with Crippen LogP contribution in [-0.4, -0.2) is 49.4 Å². The van der Waals surface area contributed by atoms with Crippen LogP contribution in [0.2, 0.25) is 0 Å². The van der Waals surface area contributed by atoms with Gasteiger partial charge < -0.3 is 10.6 Å². The van der Waals surface area contributed by atoms with Gasteiger partial charge in [0, 0.05) is 26.7 Å². The summed E-state index contributed by atoms with van der Waals surface area (Å²) in [5.41, 5.74) is 0. The first-order valence-electron chi connectivity index (χ1n) is 10.6. The minimum atomic E-state index is -0.103. The summed E-state index contributed by atoms with van der Waals surface area (Å²) in [6.07, 6.45) is 10.1. The van der Waals surface area contributed by atoms with E-state index < -0.39 is 0 Å². The highest BCUT2D eigenvalue weighted by atomic mass is 16.2. The number of unbranched alkanes of at least 4 members (excludes halogenated alkanes) is 1. The van der Waals surface area contributed by atoms with Crippen molar-refractivity contribution in [2.24, 2.45) is 34.6 Å². The Morgan fingerprint density at radius 2 is 1.85 bits per heavy atom. The van der Waals surface area contributed by atoms with Gasteiger partial charge in [0.25, 0.3) is 0 Å². The predicted octanol–water partition coefficient (Wildman–Crippen LogP) is 2.17. The standard InChI is InChI=1S/C21H34N4O2/c1-4-6-7-14(5-2)13-24-21(22-3)23-10-11-25-19(26)17-15-8-9-16(12-15)18(17)20(25)27/h8-9,14-18H,4-7,10-13H2,1-3H3,(H2,22,23,24). The van der Waals surface area contributed by atoms with Gasteiger partial charge in [0.05, 0.1) is 11.8 Å². The fraction of sp³-hybridized carbons (Fsp3) is 0.762. The van der Waals surface area contributed by atoms with Crippen molar-refractivity contribution in [2.75, 3.05) is 26.7 Å². The van der Waals surface area contributed by atoms with Crippen LogP contribution < -0.4 is 10.6 Å². The first kappa shape index (κ1) is 19.9. The number of hydrogen-bond donors (Lipinski definition) is 2. The molecule has 2 bridgehead atoms. The van der Waals surface area contributed by atoms with Gasteiger partial charge >= 0.3 is 0 Å². The predicted molar refractivity (Wildman–Crippen MR) is 107 cm³/mol. The molecule has 0 radical (unpaired) electrons. The number of fused-ring (bicyclic) bond motifs is 5. The molecule has 150 valence electrons. The first-order valence-corrected chi connectivity index (χ1v) is 10.6. The molecular formula is C21H34N4O2. The third-order valence-electron chi connectivity index (χ3n) is 6.51. The van der Waals surface area contributed by atoms with Gasteiger partial charge in [-0.05, 0) is 30.6 Å². The molecule has 1 heterocycles. The Kier molecular flexibility index (Phi) is 6.55. The normalized spacial score (nSPS) is 30.2. The Morgan fingerprint density at radius 1 is 1.19 bits per heavy atom. The zero-order valence-electron chi connectivity index (χ0n) is 16.9. The third-order valence-corrected chi connectivity index (χ3v) is 6.51. The number of rotatable bonds is 9. The minimum Gasteiger partial charge on any atom is -0.356 e. The summed E-state index contributed by atoms with van der Waals surface area (Å²) in [7, 11) is 1.75. The van der Waals surface area contributed by atoms with Gasteiger partial charge in [-0.1, -0.05) is 45.3 Å². The highest BCUT2D eigenvalue weighted by Crippen LogP contribution is 2.52.